The largest absolute Gasteiger partial charge is 0.468 e. The first-order chi connectivity index (χ1) is 12.3. The molecule has 1 saturated heterocycles. The van der Waals surface area contributed by atoms with Gasteiger partial charge < -0.3 is 4.42 Å². The summed E-state index contributed by atoms with van der Waals surface area (Å²) in [5.74, 6) is -0.163. The van der Waals surface area contributed by atoms with Crippen molar-refractivity contribution in [2.75, 3.05) is 11.5 Å². The predicted octanol–water partition coefficient (Wildman–Crippen LogP) is 1.67. The van der Waals surface area contributed by atoms with E-state index in [0.29, 0.717) is 11.3 Å². The summed E-state index contributed by atoms with van der Waals surface area (Å²) in [5.41, 5.74) is 0.674. The van der Waals surface area contributed by atoms with Crippen molar-refractivity contribution in [1.82, 2.24) is 4.31 Å². The quantitative estimate of drug-likeness (QED) is 0.737. The molecule has 3 rings (SSSR count). The molecule has 138 valence electrons. The van der Waals surface area contributed by atoms with Crippen LogP contribution in [0.1, 0.15) is 23.3 Å². The molecule has 7 nitrogen and oxygen atoms in total. The van der Waals surface area contributed by atoms with Crippen LogP contribution in [0.5, 0.6) is 0 Å². The molecule has 1 aromatic heterocycles. The predicted molar refractivity (Wildman–Crippen MR) is 95.1 cm³/mol. The SMILES string of the molecule is N#Cc1ccccc1CS(=O)(=O)N(Cc1ccco1)[C@@H]1CCS(=O)(=O)C1. The molecule has 1 aromatic carbocycles. The Kier molecular flexibility index (Phi) is 5.18. The minimum atomic E-state index is -3.86. The van der Waals surface area contributed by atoms with Crippen molar-refractivity contribution in [1.29, 1.82) is 5.26 Å². The lowest BCUT2D eigenvalue weighted by Gasteiger charge is -2.26. The molecule has 1 aliphatic rings. The normalized spacial score (nSPS) is 19.5. The molecular formula is C17H18N2O5S2. The Balaban J connectivity index is 1.93. The van der Waals surface area contributed by atoms with E-state index in [4.69, 9.17) is 4.42 Å². The second-order valence-electron chi connectivity index (χ2n) is 6.21. The van der Waals surface area contributed by atoms with E-state index in [9.17, 15) is 22.1 Å². The van der Waals surface area contributed by atoms with Crippen LogP contribution in [0.25, 0.3) is 0 Å². The fourth-order valence-electron chi connectivity index (χ4n) is 3.05. The summed E-state index contributed by atoms with van der Waals surface area (Å²) in [6.07, 6.45) is 1.69. The highest BCUT2D eigenvalue weighted by molar-refractivity contribution is 7.92. The van der Waals surface area contributed by atoms with Crippen LogP contribution in [0.4, 0.5) is 0 Å². The van der Waals surface area contributed by atoms with Gasteiger partial charge in [-0.15, -0.1) is 0 Å². The van der Waals surface area contributed by atoms with Gasteiger partial charge in [0.2, 0.25) is 10.0 Å². The highest BCUT2D eigenvalue weighted by Gasteiger charge is 2.38. The average molecular weight is 394 g/mol. The maximum atomic E-state index is 13.1. The number of rotatable bonds is 6. The molecule has 0 N–H and O–H groups in total. The second-order valence-corrected chi connectivity index (χ2v) is 10.4. The van der Waals surface area contributed by atoms with E-state index < -0.39 is 25.9 Å². The van der Waals surface area contributed by atoms with Crippen LogP contribution in [0.15, 0.2) is 47.1 Å². The number of sulfone groups is 1. The van der Waals surface area contributed by atoms with Gasteiger partial charge in [-0.3, -0.25) is 0 Å². The zero-order valence-corrected chi connectivity index (χ0v) is 15.5. The van der Waals surface area contributed by atoms with Crippen LogP contribution in [-0.4, -0.2) is 38.7 Å². The lowest BCUT2D eigenvalue weighted by molar-refractivity contribution is 0.306. The molecule has 0 bridgehead atoms. The first-order valence-corrected chi connectivity index (χ1v) is 11.4. The highest BCUT2D eigenvalue weighted by atomic mass is 32.2. The molecule has 0 saturated carbocycles. The minimum absolute atomic E-state index is 0.0311. The molecule has 0 amide bonds. The zero-order chi connectivity index (χ0) is 18.8. The van der Waals surface area contributed by atoms with Gasteiger partial charge in [-0.2, -0.15) is 9.57 Å². The molecule has 2 aromatic rings. The van der Waals surface area contributed by atoms with Crippen LogP contribution < -0.4 is 0 Å². The monoisotopic (exact) mass is 394 g/mol. The summed E-state index contributed by atoms with van der Waals surface area (Å²) in [4.78, 5) is 0. The Morgan fingerprint density at radius 2 is 2.00 bits per heavy atom. The molecule has 2 heterocycles. The van der Waals surface area contributed by atoms with Gasteiger partial charge in [-0.05, 0) is 30.2 Å². The molecule has 26 heavy (non-hydrogen) atoms. The summed E-state index contributed by atoms with van der Waals surface area (Å²) < 4.78 is 56.3. The average Bonchev–Trinajstić information content (AvgIpc) is 3.21. The standard InChI is InChI=1S/C17H18N2O5S2/c18-10-14-4-1-2-5-15(14)12-26(22,23)19(11-17-6-3-8-24-17)16-7-9-25(20,21)13-16/h1-6,8,16H,7,9,11-13H2/t16-/m1/s1. The van der Waals surface area contributed by atoms with Gasteiger partial charge >= 0.3 is 0 Å². The Labute approximate surface area is 152 Å². The minimum Gasteiger partial charge on any atom is -0.468 e. The molecule has 1 aliphatic heterocycles. The van der Waals surface area contributed by atoms with Crippen LogP contribution >= 0.6 is 0 Å². The van der Waals surface area contributed by atoms with Crippen molar-refractivity contribution in [2.24, 2.45) is 0 Å². The summed E-state index contributed by atoms with van der Waals surface area (Å²) in [6.45, 7) is -0.0375. The number of nitrogens with zero attached hydrogens (tertiary/aromatic N) is 2. The maximum absolute atomic E-state index is 13.1. The van der Waals surface area contributed by atoms with E-state index in [1.165, 1.54) is 10.6 Å². The fraction of sp³-hybridized carbons (Fsp3) is 0.353. The van der Waals surface area contributed by atoms with Crippen molar-refractivity contribution >= 4 is 19.9 Å². The molecule has 0 unspecified atom stereocenters. The number of hydrogen-bond acceptors (Lipinski definition) is 6. The van der Waals surface area contributed by atoms with E-state index in [0.717, 1.165) is 0 Å². The third-order valence-corrected chi connectivity index (χ3v) is 7.91. The number of sulfonamides is 1. The lowest BCUT2D eigenvalue weighted by Crippen LogP contribution is -2.41. The molecule has 1 atom stereocenters. The summed E-state index contributed by atoms with van der Waals surface area (Å²) in [6, 6.07) is 11.1. The van der Waals surface area contributed by atoms with Gasteiger partial charge in [0.25, 0.3) is 0 Å². The van der Waals surface area contributed by atoms with Crippen LogP contribution in [0.2, 0.25) is 0 Å². The van der Waals surface area contributed by atoms with Crippen LogP contribution in [-0.2, 0) is 32.2 Å². The molecule has 0 radical (unpaired) electrons. The van der Waals surface area contributed by atoms with Crippen molar-refractivity contribution in [2.45, 2.75) is 24.8 Å². The van der Waals surface area contributed by atoms with E-state index >= 15 is 0 Å². The summed E-state index contributed by atoms with van der Waals surface area (Å²) in [7, 11) is -7.11. The number of furan rings is 1. The van der Waals surface area contributed by atoms with Gasteiger partial charge in [-0.1, -0.05) is 18.2 Å². The molecule has 0 spiro atoms. The fourth-order valence-corrected chi connectivity index (χ4v) is 6.64. The van der Waals surface area contributed by atoms with E-state index in [1.807, 2.05) is 6.07 Å². The van der Waals surface area contributed by atoms with Crippen LogP contribution in [0.3, 0.4) is 0 Å². The maximum Gasteiger partial charge on any atom is 0.219 e. The van der Waals surface area contributed by atoms with Gasteiger partial charge in [0.1, 0.15) is 5.76 Å². The van der Waals surface area contributed by atoms with Gasteiger partial charge in [0.05, 0.1) is 41.7 Å². The topological polar surface area (TPSA) is 108 Å². The summed E-state index contributed by atoms with van der Waals surface area (Å²) in [5, 5.41) is 9.19. The van der Waals surface area contributed by atoms with Crippen molar-refractivity contribution in [3.05, 3.63) is 59.5 Å². The first kappa shape index (κ1) is 18.6. The Morgan fingerprint density at radius 3 is 2.62 bits per heavy atom. The Bertz CT molecular complexity index is 1020. The molecule has 9 heteroatoms. The smallest absolute Gasteiger partial charge is 0.219 e. The van der Waals surface area contributed by atoms with E-state index in [2.05, 4.69) is 0 Å². The second kappa shape index (κ2) is 7.23. The van der Waals surface area contributed by atoms with E-state index in [1.54, 1.807) is 36.4 Å². The van der Waals surface area contributed by atoms with Gasteiger partial charge in [0, 0.05) is 6.04 Å². The van der Waals surface area contributed by atoms with Crippen molar-refractivity contribution < 1.29 is 21.3 Å². The highest BCUT2D eigenvalue weighted by Crippen LogP contribution is 2.26. The number of hydrogen-bond donors (Lipinski definition) is 0. The molecule has 0 aliphatic carbocycles. The number of nitriles is 1. The third-order valence-electron chi connectivity index (χ3n) is 4.34. The van der Waals surface area contributed by atoms with Gasteiger partial charge in [0.15, 0.2) is 9.84 Å². The molecular weight excluding hydrogens is 376 g/mol. The van der Waals surface area contributed by atoms with Crippen molar-refractivity contribution in [3.63, 3.8) is 0 Å². The molecule has 1 fully saturated rings. The van der Waals surface area contributed by atoms with Crippen molar-refractivity contribution in [3.8, 4) is 6.07 Å². The third kappa shape index (κ3) is 4.15. The first-order valence-electron chi connectivity index (χ1n) is 8.01. The number of benzene rings is 1. The Hall–Kier alpha value is -2.15. The lowest BCUT2D eigenvalue weighted by atomic mass is 10.1. The summed E-state index contributed by atoms with van der Waals surface area (Å²) >= 11 is 0. The Morgan fingerprint density at radius 1 is 1.23 bits per heavy atom. The zero-order valence-electron chi connectivity index (χ0n) is 13.9. The van der Waals surface area contributed by atoms with E-state index in [-0.39, 0.29) is 35.8 Å². The van der Waals surface area contributed by atoms with Crippen LogP contribution in [0, 0.1) is 11.3 Å². The van der Waals surface area contributed by atoms with Gasteiger partial charge in [-0.25, -0.2) is 16.8 Å².